The molecule has 10 nitrogen and oxygen atoms in total. The highest BCUT2D eigenvalue weighted by Gasteiger charge is 2.47. The maximum Gasteiger partial charge on any atom is 0.245 e. The van der Waals surface area contributed by atoms with Crippen LogP contribution in [0.25, 0.3) is 10.9 Å². The molecule has 36 heavy (non-hydrogen) atoms. The van der Waals surface area contributed by atoms with Gasteiger partial charge in [0.05, 0.1) is 17.9 Å². The highest BCUT2D eigenvalue weighted by atomic mass is 32.2. The molecule has 3 saturated heterocycles. The second-order valence-electron chi connectivity index (χ2n) is 9.92. The molecule has 0 aromatic carbocycles. The Kier molecular flexibility index (Phi) is 5.98. The predicted molar refractivity (Wildman–Crippen MR) is 134 cm³/mol. The van der Waals surface area contributed by atoms with E-state index in [0.717, 1.165) is 54.1 Å². The van der Waals surface area contributed by atoms with Gasteiger partial charge in [0.25, 0.3) is 0 Å². The highest BCUT2D eigenvalue weighted by Crippen LogP contribution is 2.41. The zero-order chi connectivity index (χ0) is 24.9. The Bertz CT molecular complexity index is 1380. The number of piperidine rings is 1. The van der Waals surface area contributed by atoms with Gasteiger partial charge in [0.1, 0.15) is 22.3 Å². The van der Waals surface area contributed by atoms with Gasteiger partial charge in [-0.2, -0.15) is 4.31 Å². The number of fused-ring (bicyclic) bond motifs is 3. The van der Waals surface area contributed by atoms with Gasteiger partial charge in [0, 0.05) is 48.0 Å². The topological polar surface area (TPSA) is 124 Å². The number of nitrogens with one attached hydrogen (secondary N) is 4. The molecule has 3 aromatic rings. The number of halogens is 1. The van der Waals surface area contributed by atoms with Gasteiger partial charge >= 0.3 is 0 Å². The number of nitrogens with zero attached hydrogens (tertiary/aromatic N) is 4. The first kappa shape index (κ1) is 23.5. The van der Waals surface area contributed by atoms with E-state index in [4.69, 9.17) is 4.98 Å². The largest absolute Gasteiger partial charge is 0.367 e. The van der Waals surface area contributed by atoms with Crippen molar-refractivity contribution in [2.24, 2.45) is 0 Å². The molecule has 3 aliphatic rings. The fourth-order valence-corrected chi connectivity index (χ4v) is 7.61. The van der Waals surface area contributed by atoms with Crippen LogP contribution in [0, 0.1) is 5.82 Å². The molecule has 3 unspecified atom stereocenters. The summed E-state index contributed by atoms with van der Waals surface area (Å²) in [5.74, 6) is 0.800. The lowest BCUT2D eigenvalue weighted by molar-refractivity contribution is 0.234. The van der Waals surface area contributed by atoms with Crippen LogP contribution >= 0.6 is 0 Å². The lowest BCUT2D eigenvalue weighted by Crippen LogP contribution is -2.49. The second-order valence-corrected chi connectivity index (χ2v) is 11.8. The van der Waals surface area contributed by atoms with Crippen LogP contribution in [-0.4, -0.2) is 58.0 Å². The molecule has 0 saturated carbocycles. The van der Waals surface area contributed by atoms with Gasteiger partial charge in [0.2, 0.25) is 10.0 Å². The Morgan fingerprint density at radius 3 is 2.61 bits per heavy atom. The van der Waals surface area contributed by atoms with E-state index in [9.17, 15) is 12.8 Å². The van der Waals surface area contributed by atoms with E-state index >= 15 is 0 Å². The summed E-state index contributed by atoms with van der Waals surface area (Å²) >= 11 is 0. The maximum absolute atomic E-state index is 13.7. The third-order valence-electron chi connectivity index (χ3n) is 7.28. The van der Waals surface area contributed by atoms with E-state index in [0.29, 0.717) is 18.9 Å². The standard InChI is InChI=1S/C24H29FN8O2S/c1-14-7-23(32-31-14)29-22-11-21-20(3-2-6-27-21)24(30-22)28-16-9-17-4-5-18(10-16)33(17)36(34,35)19-8-15(25)12-26-13-19/h2-3,6,8,11-14,16-18,23,31-32H,4-5,7,9-10H2,1H3,(H2,28,29,30)/t14?,16?,17-,18+,23?. The third-order valence-corrected chi connectivity index (χ3v) is 9.25. The smallest absolute Gasteiger partial charge is 0.245 e. The molecule has 12 heteroatoms. The molecule has 3 aliphatic heterocycles. The van der Waals surface area contributed by atoms with E-state index in [-0.39, 0.29) is 29.2 Å². The van der Waals surface area contributed by atoms with Crippen molar-refractivity contribution in [2.75, 3.05) is 10.6 Å². The number of hydrazine groups is 1. The van der Waals surface area contributed by atoms with Gasteiger partial charge in [-0.05, 0) is 57.2 Å². The molecular weight excluding hydrogens is 483 g/mol. The van der Waals surface area contributed by atoms with E-state index in [1.54, 1.807) is 10.5 Å². The average molecular weight is 513 g/mol. The Morgan fingerprint density at radius 2 is 1.89 bits per heavy atom. The Balaban J connectivity index is 1.23. The summed E-state index contributed by atoms with van der Waals surface area (Å²) in [6.45, 7) is 2.11. The van der Waals surface area contributed by atoms with E-state index in [1.165, 1.54) is 6.20 Å². The zero-order valence-electron chi connectivity index (χ0n) is 19.9. The number of pyridine rings is 3. The lowest BCUT2D eigenvalue weighted by Gasteiger charge is -2.38. The first-order valence-corrected chi connectivity index (χ1v) is 13.7. The van der Waals surface area contributed by atoms with Gasteiger partial charge in [-0.3, -0.25) is 15.4 Å². The van der Waals surface area contributed by atoms with Crippen LogP contribution in [-0.2, 0) is 10.0 Å². The van der Waals surface area contributed by atoms with Crippen LogP contribution in [0.2, 0.25) is 0 Å². The third kappa shape index (κ3) is 4.38. The van der Waals surface area contributed by atoms with E-state index < -0.39 is 15.8 Å². The monoisotopic (exact) mass is 512 g/mol. The van der Waals surface area contributed by atoms with E-state index in [1.807, 2.05) is 18.2 Å². The molecule has 6 heterocycles. The number of hydrogen-bond acceptors (Lipinski definition) is 9. The van der Waals surface area contributed by atoms with Crippen molar-refractivity contribution in [1.29, 1.82) is 0 Å². The zero-order valence-corrected chi connectivity index (χ0v) is 20.7. The summed E-state index contributed by atoms with van der Waals surface area (Å²) in [7, 11) is -3.82. The molecule has 3 fully saturated rings. The molecule has 0 aliphatic carbocycles. The predicted octanol–water partition coefficient (Wildman–Crippen LogP) is 2.58. The molecule has 2 bridgehead atoms. The second kappa shape index (κ2) is 9.18. The lowest BCUT2D eigenvalue weighted by atomic mass is 9.99. The number of anilines is 2. The maximum atomic E-state index is 13.7. The van der Waals surface area contributed by atoms with Crippen molar-refractivity contribution in [3.63, 3.8) is 0 Å². The number of aromatic nitrogens is 3. The summed E-state index contributed by atoms with van der Waals surface area (Å²) in [6, 6.07) is 6.96. The average Bonchev–Trinajstić information content (AvgIpc) is 3.39. The molecule has 0 amide bonds. The summed E-state index contributed by atoms with van der Waals surface area (Å²) < 4.78 is 41.9. The molecular formula is C24H29FN8O2S. The summed E-state index contributed by atoms with van der Waals surface area (Å²) in [5, 5.41) is 7.95. The van der Waals surface area contributed by atoms with Crippen molar-refractivity contribution in [1.82, 2.24) is 30.1 Å². The van der Waals surface area contributed by atoms with Crippen LogP contribution in [0.1, 0.15) is 39.0 Å². The molecule has 0 spiro atoms. The minimum atomic E-state index is -3.82. The van der Waals surface area contributed by atoms with Gasteiger partial charge < -0.3 is 10.6 Å². The molecule has 5 atom stereocenters. The van der Waals surface area contributed by atoms with Crippen molar-refractivity contribution >= 4 is 32.6 Å². The van der Waals surface area contributed by atoms with Crippen LogP contribution in [0.5, 0.6) is 0 Å². The summed E-state index contributed by atoms with van der Waals surface area (Å²) in [4.78, 5) is 13.1. The molecule has 4 N–H and O–H groups in total. The van der Waals surface area contributed by atoms with Gasteiger partial charge in [-0.15, -0.1) is 0 Å². The van der Waals surface area contributed by atoms with Crippen molar-refractivity contribution in [2.45, 2.75) is 74.3 Å². The molecule has 0 radical (unpaired) electrons. The molecule has 3 aromatic heterocycles. The fourth-order valence-electron chi connectivity index (χ4n) is 5.74. The van der Waals surface area contributed by atoms with Crippen molar-refractivity contribution in [3.8, 4) is 0 Å². The van der Waals surface area contributed by atoms with E-state index in [2.05, 4.69) is 38.4 Å². The fraction of sp³-hybridized carbons (Fsp3) is 0.458. The quantitative estimate of drug-likeness (QED) is 0.394. The van der Waals surface area contributed by atoms with Crippen molar-refractivity contribution in [3.05, 3.63) is 48.7 Å². The normalized spacial score (nSPS) is 28.4. The van der Waals surface area contributed by atoms with Crippen LogP contribution < -0.4 is 21.5 Å². The van der Waals surface area contributed by atoms with Gasteiger partial charge in [0.15, 0.2) is 0 Å². The molecule has 6 rings (SSSR count). The van der Waals surface area contributed by atoms with Gasteiger partial charge in [-0.1, -0.05) is 0 Å². The first-order chi connectivity index (χ1) is 17.4. The molecule has 190 valence electrons. The minimum Gasteiger partial charge on any atom is -0.367 e. The number of hydrogen-bond donors (Lipinski definition) is 4. The Labute approximate surface area is 209 Å². The van der Waals surface area contributed by atoms with Gasteiger partial charge in [-0.25, -0.2) is 23.2 Å². The Morgan fingerprint density at radius 1 is 1.08 bits per heavy atom. The number of sulfonamides is 1. The number of rotatable bonds is 6. The van der Waals surface area contributed by atoms with Crippen LogP contribution in [0.15, 0.2) is 47.8 Å². The summed E-state index contributed by atoms with van der Waals surface area (Å²) in [5.41, 5.74) is 7.26. The SMILES string of the molecule is CC1CC(Nc2cc3ncccc3c(NC3C[C@H]4CC[C@@H](C3)N4S(=O)(=O)c3cncc(F)c3)n2)NN1. The Hall–Kier alpha value is -2.93. The van der Waals surface area contributed by atoms with Crippen molar-refractivity contribution < 1.29 is 12.8 Å². The minimum absolute atomic E-state index is 0.0528. The highest BCUT2D eigenvalue weighted by molar-refractivity contribution is 7.89. The summed E-state index contributed by atoms with van der Waals surface area (Å²) in [6.07, 6.45) is 7.82. The first-order valence-electron chi connectivity index (χ1n) is 12.3. The van der Waals surface area contributed by atoms with Crippen LogP contribution in [0.4, 0.5) is 16.0 Å². The van der Waals surface area contributed by atoms with Crippen LogP contribution in [0.3, 0.4) is 0 Å².